The van der Waals surface area contributed by atoms with Crippen molar-refractivity contribution in [2.45, 2.75) is 58.3 Å². The third-order valence-corrected chi connectivity index (χ3v) is 4.83. The molecule has 92 valence electrons. The van der Waals surface area contributed by atoms with Gasteiger partial charge >= 0.3 is 0 Å². The molecule has 0 unspecified atom stereocenters. The molecule has 0 aliphatic heterocycles. The zero-order valence-electron chi connectivity index (χ0n) is 10.3. The maximum atomic E-state index is 10.8. The molecule has 0 saturated heterocycles. The summed E-state index contributed by atoms with van der Waals surface area (Å²) in [4.78, 5) is 10.8. The Morgan fingerprint density at radius 1 is 0.875 bits per heavy atom. The molecule has 2 rings (SSSR count). The zero-order chi connectivity index (χ0) is 11.5. The predicted octanol–water partition coefficient (Wildman–Crippen LogP) is 2.37. The van der Waals surface area contributed by atoms with E-state index in [0.717, 1.165) is 43.4 Å². The lowest BCUT2D eigenvalue weighted by molar-refractivity contribution is -0.312. The molecule has 0 spiro atoms. The molecule has 0 aromatic carbocycles. The summed E-state index contributed by atoms with van der Waals surface area (Å²) in [5, 5.41) is 10.8. The molecule has 2 aliphatic rings. The van der Waals surface area contributed by atoms with Crippen molar-refractivity contribution in [3.05, 3.63) is 0 Å². The van der Waals surface area contributed by atoms with Crippen molar-refractivity contribution in [1.29, 1.82) is 0 Å². The van der Waals surface area contributed by atoms with Crippen LogP contribution < -0.4 is 5.11 Å². The van der Waals surface area contributed by atoms with Crippen molar-refractivity contribution < 1.29 is 9.90 Å². The van der Waals surface area contributed by atoms with E-state index in [2.05, 4.69) is 6.92 Å². The molecule has 2 aliphatic carbocycles. The molecule has 0 heterocycles. The highest BCUT2D eigenvalue weighted by atomic mass is 16.4. The number of carbonyl (C=O) groups is 1. The van der Waals surface area contributed by atoms with Gasteiger partial charge in [0, 0.05) is 5.97 Å². The summed E-state index contributed by atoms with van der Waals surface area (Å²) in [6.45, 7) is 2.35. The summed E-state index contributed by atoms with van der Waals surface area (Å²) in [5.74, 6) is 1.63. The summed E-state index contributed by atoms with van der Waals surface area (Å²) in [6, 6.07) is 0. The Morgan fingerprint density at radius 2 is 1.31 bits per heavy atom. The van der Waals surface area contributed by atoms with Crippen LogP contribution in [0.1, 0.15) is 58.3 Å². The lowest BCUT2D eigenvalue weighted by atomic mass is 9.69. The molecule has 2 saturated carbocycles. The van der Waals surface area contributed by atoms with Gasteiger partial charge in [-0.2, -0.15) is 0 Å². The number of hydrogen-bond acceptors (Lipinski definition) is 2. The fourth-order valence-corrected chi connectivity index (χ4v) is 3.58. The standard InChI is InChI=1S/C14H24O2/c1-10-2-4-11(5-3-10)12-6-8-13(9-7-12)14(15)16/h10-13H,2-9H2,1H3,(H,15,16)/p-1. The van der Waals surface area contributed by atoms with E-state index in [1.54, 1.807) is 0 Å². The van der Waals surface area contributed by atoms with Crippen LogP contribution in [0, 0.1) is 23.7 Å². The molecule has 0 atom stereocenters. The molecule has 0 aromatic rings. The number of carboxylic acid groups (broad SMARTS) is 1. The molecule has 2 heteroatoms. The Kier molecular flexibility index (Phi) is 3.88. The van der Waals surface area contributed by atoms with Crippen molar-refractivity contribution in [1.82, 2.24) is 0 Å². The van der Waals surface area contributed by atoms with Crippen LogP contribution in [0.4, 0.5) is 0 Å². The van der Waals surface area contributed by atoms with E-state index in [1.807, 2.05) is 0 Å². The lowest BCUT2D eigenvalue weighted by Gasteiger charge is -2.37. The van der Waals surface area contributed by atoms with E-state index in [9.17, 15) is 9.90 Å². The quantitative estimate of drug-likeness (QED) is 0.721. The average molecular weight is 223 g/mol. The van der Waals surface area contributed by atoms with E-state index >= 15 is 0 Å². The molecule has 0 amide bonds. The topological polar surface area (TPSA) is 40.1 Å². The maximum Gasteiger partial charge on any atom is 0.0445 e. The van der Waals surface area contributed by atoms with Gasteiger partial charge in [0.15, 0.2) is 0 Å². The summed E-state index contributed by atoms with van der Waals surface area (Å²) in [6.07, 6.45) is 9.48. The van der Waals surface area contributed by atoms with E-state index in [4.69, 9.17) is 0 Å². The number of carboxylic acids is 1. The molecular formula is C14H23O2-. The maximum absolute atomic E-state index is 10.8. The van der Waals surface area contributed by atoms with Gasteiger partial charge in [-0.3, -0.25) is 0 Å². The van der Waals surface area contributed by atoms with Gasteiger partial charge in [0.25, 0.3) is 0 Å². The Labute approximate surface area is 98.4 Å². The van der Waals surface area contributed by atoms with Crippen LogP contribution in [0.2, 0.25) is 0 Å². The van der Waals surface area contributed by atoms with E-state index in [-0.39, 0.29) is 5.92 Å². The van der Waals surface area contributed by atoms with Crippen LogP contribution in [-0.2, 0) is 4.79 Å². The van der Waals surface area contributed by atoms with Crippen LogP contribution in [-0.4, -0.2) is 5.97 Å². The van der Waals surface area contributed by atoms with Gasteiger partial charge in [-0.05, 0) is 62.2 Å². The number of aliphatic carboxylic acids is 1. The predicted molar refractivity (Wildman–Crippen MR) is 61.6 cm³/mol. The molecule has 0 bridgehead atoms. The highest BCUT2D eigenvalue weighted by molar-refractivity contribution is 5.67. The summed E-state index contributed by atoms with van der Waals surface area (Å²) in [5.41, 5.74) is 0. The minimum absolute atomic E-state index is 0.154. The first-order valence-corrected chi connectivity index (χ1v) is 6.87. The van der Waals surface area contributed by atoms with Gasteiger partial charge in [-0.15, -0.1) is 0 Å². The van der Waals surface area contributed by atoms with Crippen molar-refractivity contribution in [3.63, 3.8) is 0 Å². The van der Waals surface area contributed by atoms with Gasteiger partial charge in [-0.1, -0.05) is 19.8 Å². The Balaban J connectivity index is 1.78. The fourth-order valence-electron chi connectivity index (χ4n) is 3.58. The first-order chi connectivity index (χ1) is 7.66. The molecule has 16 heavy (non-hydrogen) atoms. The van der Waals surface area contributed by atoms with E-state index < -0.39 is 5.97 Å². The first-order valence-electron chi connectivity index (χ1n) is 6.87. The highest BCUT2D eigenvalue weighted by Gasteiger charge is 2.30. The van der Waals surface area contributed by atoms with Gasteiger partial charge in [0.05, 0.1) is 0 Å². The fraction of sp³-hybridized carbons (Fsp3) is 0.929. The molecular weight excluding hydrogens is 200 g/mol. The number of hydrogen-bond donors (Lipinski definition) is 0. The summed E-state index contributed by atoms with van der Waals surface area (Å²) < 4.78 is 0. The van der Waals surface area contributed by atoms with E-state index in [0.29, 0.717) is 0 Å². The van der Waals surface area contributed by atoms with Crippen molar-refractivity contribution in [3.8, 4) is 0 Å². The van der Waals surface area contributed by atoms with Gasteiger partial charge in [-0.25, -0.2) is 0 Å². The highest BCUT2D eigenvalue weighted by Crippen LogP contribution is 2.40. The van der Waals surface area contributed by atoms with Crippen LogP contribution in [0.25, 0.3) is 0 Å². The lowest BCUT2D eigenvalue weighted by Crippen LogP contribution is -2.35. The Bertz CT molecular complexity index is 233. The SMILES string of the molecule is CC1CCC(C2CCC(C(=O)[O-])CC2)CC1. The minimum atomic E-state index is -0.823. The number of carbonyl (C=O) groups excluding carboxylic acids is 1. The Hall–Kier alpha value is -0.530. The molecule has 2 nitrogen and oxygen atoms in total. The van der Waals surface area contributed by atoms with Gasteiger partial charge in [0.2, 0.25) is 0 Å². The molecule has 0 radical (unpaired) electrons. The first kappa shape index (κ1) is 11.9. The van der Waals surface area contributed by atoms with Crippen LogP contribution in [0.3, 0.4) is 0 Å². The monoisotopic (exact) mass is 223 g/mol. The Morgan fingerprint density at radius 3 is 1.75 bits per heavy atom. The normalized spacial score (nSPS) is 40.6. The summed E-state index contributed by atoms with van der Waals surface area (Å²) in [7, 11) is 0. The molecule has 2 fully saturated rings. The third-order valence-electron chi connectivity index (χ3n) is 4.83. The smallest absolute Gasteiger partial charge is 0.0445 e. The second-order valence-corrected chi connectivity index (χ2v) is 5.95. The second kappa shape index (κ2) is 5.20. The van der Waals surface area contributed by atoms with E-state index in [1.165, 1.54) is 25.7 Å². The van der Waals surface area contributed by atoms with Crippen LogP contribution in [0.15, 0.2) is 0 Å². The molecule has 0 N–H and O–H groups in total. The van der Waals surface area contributed by atoms with Crippen molar-refractivity contribution >= 4 is 5.97 Å². The third kappa shape index (κ3) is 2.78. The zero-order valence-corrected chi connectivity index (χ0v) is 10.3. The van der Waals surface area contributed by atoms with Gasteiger partial charge in [0.1, 0.15) is 0 Å². The number of rotatable bonds is 2. The van der Waals surface area contributed by atoms with Crippen LogP contribution in [0.5, 0.6) is 0 Å². The summed E-state index contributed by atoms with van der Waals surface area (Å²) >= 11 is 0. The van der Waals surface area contributed by atoms with Crippen molar-refractivity contribution in [2.75, 3.05) is 0 Å². The second-order valence-electron chi connectivity index (χ2n) is 5.95. The largest absolute Gasteiger partial charge is 0.550 e. The average Bonchev–Trinajstić information content (AvgIpc) is 2.30. The minimum Gasteiger partial charge on any atom is -0.550 e. The van der Waals surface area contributed by atoms with Crippen LogP contribution >= 0.6 is 0 Å². The van der Waals surface area contributed by atoms with Gasteiger partial charge < -0.3 is 9.90 Å². The molecule has 0 aromatic heterocycles. The van der Waals surface area contributed by atoms with Crippen molar-refractivity contribution in [2.24, 2.45) is 23.7 Å².